The molecule has 0 spiro atoms. The first-order valence-electron chi connectivity index (χ1n) is 11.9. The third-order valence-electron chi connectivity index (χ3n) is 6.23. The smallest absolute Gasteiger partial charge is 0.343 e. The van der Waals surface area contributed by atoms with Gasteiger partial charge in [0.05, 0.1) is 17.8 Å². The molecule has 0 aliphatic carbocycles. The molecule has 0 fully saturated rings. The maximum absolute atomic E-state index is 13.0. The van der Waals surface area contributed by atoms with Gasteiger partial charge in [-0.1, -0.05) is 51.1 Å². The normalized spacial score (nSPS) is 15.5. The van der Waals surface area contributed by atoms with E-state index in [9.17, 15) is 18.3 Å². The molecule has 37 heavy (non-hydrogen) atoms. The summed E-state index contributed by atoms with van der Waals surface area (Å²) >= 11 is 0. The second-order valence-electron chi connectivity index (χ2n) is 10.2. The van der Waals surface area contributed by atoms with E-state index in [-0.39, 0.29) is 22.8 Å². The number of nitriles is 1. The molecule has 0 saturated carbocycles. The molecule has 3 aromatic rings. The summed E-state index contributed by atoms with van der Waals surface area (Å²) in [6, 6.07) is 18.2. The van der Waals surface area contributed by atoms with Crippen LogP contribution in [-0.2, 0) is 22.0 Å². The van der Waals surface area contributed by atoms with Gasteiger partial charge in [-0.05, 0) is 71.3 Å². The topological polar surface area (TPSA) is 120 Å². The molecule has 8 nitrogen and oxygen atoms in total. The number of benzene rings is 3. The average Bonchev–Trinajstić information content (AvgIpc) is 3.12. The molecule has 0 aromatic heterocycles. The third kappa shape index (κ3) is 5.70. The summed E-state index contributed by atoms with van der Waals surface area (Å²) < 4.78 is 33.9. The van der Waals surface area contributed by atoms with Crippen molar-refractivity contribution in [2.75, 3.05) is 4.31 Å². The Balaban J connectivity index is 1.74. The minimum atomic E-state index is -4.12. The van der Waals surface area contributed by atoms with Crippen molar-refractivity contribution in [3.63, 3.8) is 0 Å². The Labute approximate surface area is 217 Å². The Kier molecular flexibility index (Phi) is 6.89. The lowest BCUT2D eigenvalue weighted by Crippen LogP contribution is -2.30. The second kappa shape index (κ2) is 9.79. The third-order valence-corrected chi connectivity index (χ3v) is 7.51. The fourth-order valence-electron chi connectivity index (χ4n) is 4.02. The summed E-state index contributed by atoms with van der Waals surface area (Å²) in [5, 5.41) is 20.4. The van der Waals surface area contributed by atoms with E-state index in [0.29, 0.717) is 18.4 Å². The molecular formula is C28H29N3O5S. The summed E-state index contributed by atoms with van der Waals surface area (Å²) in [5.41, 5.74) is 2.37. The van der Waals surface area contributed by atoms with Gasteiger partial charge >= 0.3 is 16.2 Å². The fraction of sp³-hybridized carbons (Fsp3) is 0.286. The van der Waals surface area contributed by atoms with Crippen molar-refractivity contribution in [1.29, 1.82) is 5.26 Å². The Hall–Kier alpha value is -4.03. The lowest BCUT2D eigenvalue weighted by molar-refractivity contribution is 0.0735. The number of nitrogens with zero attached hydrogens (tertiary/aromatic N) is 2. The van der Waals surface area contributed by atoms with Gasteiger partial charge in [0.2, 0.25) is 5.88 Å². The van der Waals surface area contributed by atoms with E-state index in [0.717, 1.165) is 32.4 Å². The number of aliphatic hydroxyl groups excluding tert-OH is 1. The highest BCUT2D eigenvalue weighted by atomic mass is 32.2. The van der Waals surface area contributed by atoms with Gasteiger partial charge in [-0.15, -0.1) is 0 Å². The highest BCUT2D eigenvalue weighted by Gasteiger charge is 2.32. The van der Waals surface area contributed by atoms with Gasteiger partial charge < -0.3 is 9.84 Å². The maximum atomic E-state index is 13.0. The van der Waals surface area contributed by atoms with E-state index >= 15 is 0 Å². The van der Waals surface area contributed by atoms with Gasteiger partial charge in [0.25, 0.3) is 0 Å². The van der Waals surface area contributed by atoms with E-state index in [4.69, 9.17) is 10.00 Å². The molecule has 192 valence electrons. The Morgan fingerprint density at radius 3 is 2.41 bits per heavy atom. The lowest BCUT2D eigenvalue weighted by atomic mass is 9.87. The van der Waals surface area contributed by atoms with Crippen LogP contribution in [0.2, 0.25) is 0 Å². The monoisotopic (exact) mass is 519 g/mol. The number of hydrogen-bond donors (Lipinski definition) is 2. The number of aryl methyl sites for hydroxylation is 1. The standard InChI is InChI=1S/C28H29N3O5S/c1-18(16-29)5-6-19-7-8-21-15-25(36-27(33)20-9-11-23(12-10-20)28(2,3)4)24(14-22(21)13-19)31-17-26(32)30-37(31,34)35/h7-15,17-18,30,32H,5-6H2,1-4H3. The van der Waals surface area contributed by atoms with Crippen molar-refractivity contribution >= 4 is 32.6 Å². The first-order valence-corrected chi connectivity index (χ1v) is 13.3. The molecule has 1 aliphatic rings. The molecule has 3 aromatic carbocycles. The van der Waals surface area contributed by atoms with Crippen molar-refractivity contribution in [2.45, 2.75) is 46.0 Å². The molecule has 4 rings (SSSR count). The largest absolute Gasteiger partial charge is 0.493 e. The Morgan fingerprint density at radius 1 is 1.11 bits per heavy atom. The maximum Gasteiger partial charge on any atom is 0.343 e. The van der Waals surface area contributed by atoms with Crippen molar-refractivity contribution < 1.29 is 23.1 Å². The van der Waals surface area contributed by atoms with Crippen LogP contribution in [0.25, 0.3) is 10.8 Å². The van der Waals surface area contributed by atoms with Crippen LogP contribution in [0.3, 0.4) is 0 Å². The van der Waals surface area contributed by atoms with Gasteiger partial charge in [0.15, 0.2) is 5.75 Å². The molecule has 0 radical (unpaired) electrons. The number of fused-ring (bicyclic) bond motifs is 1. The summed E-state index contributed by atoms with van der Waals surface area (Å²) in [5.74, 6) is -1.24. The van der Waals surface area contributed by atoms with E-state index < -0.39 is 22.1 Å². The minimum absolute atomic E-state index is 0.0274. The van der Waals surface area contributed by atoms with E-state index in [1.165, 1.54) is 0 Å². The first-order chi connectivity index (χ1) is 17.4. The van der Waals surface area contributed by atoms with Crippen LogP contribution >= 0.6 is 0 Å². The Bertz CT molecular complexity index is 1530. The Morgan fingerprint density at radius 2 is 1.81 bits per heavy atom. The van der Waals surface area contributed by atoms with Gasteiger partial charge in [-0.3, -0.25) is 0 Å². The zero-order valence-electron chi connectivity index (χ0n) is 21.1. The number of nitrogens with one attached hydrogen (secondary N) is 1. The van der Waals surface area contributed by atoms with Gasteiger partial charge in [0.1, 0.15) is 5.69 Å². The zero-order chi connectivity index (χ0) is 27.0. The average molecular weight is 520 g/mol. The van der Waals surface area contributed by atoms with Crippen molar-refractivity contribution in [3.05, 3.63) is 83.4 Å². The molecule has 1 unspecified atom stereocenters. The van der Waals surface area contributed by atoms with Gasteiger partial charge in [0, 0.05) is 5.92 Å². The summed E-state index contributed by atoms with van der Waals surface area (Å²) in [4.78, 5) is 13.0. The molecule has 1 heterocycles. The van der Waals surface area contributed by atoms with Crippen molar-refractivity contribution in [2.24, 2.45) is 5.92 Å². The first kappa shape index (κ1) is 26.0. The molecular weight excluding hydrogens is 490 g/mol. The van der Waals surface area contributed by atoms with E-state index in [1.807, 2.05) is 42.0 Å². The van der Waals surface area contributed by atoms with Crippen LogP contribution in [0.15, 0.2) is 66.7 Å². The number of carbonyl (C=O) groups excluding carboxylic acids is 1. The van der Waals surface area contributed by atoms with Crippen molar-refractivity contribution in [1.82, 2.24) is 4.72 Å². The van der Waals surface area contributed by atoms with Crippen LogP contribution in [0.4, 0.5) is 5.69 Å². The number of carbonyl (C=O) groups is 1. The van der Waals surface area contributed by atoms with Crippen LogP contribution < -0.4 is 13.8 Å². The van der Waals surface area contributed by atoms with Crippen LogP contribution in [0, 0.1) is 17.2 Å². The number of aliphatic hydroxyl groups is 1. The predicted octanol–water partition coefficient (Wildman–Crippen LogP) is 5.46. The molecule has 1 atom stereocenters. The van der Waals surface area contributed by atoms with Crippen LogP contribution in [0.5, 0.6) is 5.75 Å². The van der Waals surface area contributed by atoms with Crippen molar-refractivity contribution in [3.8, 4) is 11.8 Å². The number of esters is 1. The SMILES string of the molecule is CC(C#N)CCc1ccc2cc(OC(=O)c3ccc(C(C)(C)C)cc3)c(N3C=C(O)NS3(=O)=O)cc2c1. The molecule has 0 bridgehead atoms. The second-order valence-corrected chi connectivity index (χ2v) is 11.8. The number of rotatable bonds is 6. The summed E-state index contributed by atoms with van der Waals surface area (Å²) in [6.45, 7) is 8.08. The van der Waals surface area contributed by atoms with Gasteiger partial charge in [-0.2, -0.15) is 13.7 Å². The molecule has 0 saturated heterocycles. The van der Waals surface area contributed by atoms with Gasteiger partial charge in [-0.25, -0.2) is 13.8 Å². The fourth-order valence-corrected chi connectivity index (χ4v) is 5.08. The number of ether oxygens (including phenoxy) is 1. The number of anilines is 1. The summed E-state index contributed by atoms with van der Waals surface area (Å²) in [7, 11) is -4.12. The van der Waals surface area contributed by atoms with Crippen LogP contribution in [-0.4, -0.2) is 19.5 Å². The molecule has 2 N–H and O–H groups in total. The zero-order valence-corrected chi connectivity index (χ0v) is 22.0. The summed E-state index contributed by atoms with van der Waals surface area (Å²) in [6.07, 6.45) is 2.40. The number of hydrogen-bond acceptors (Lipinski definition) is 6. The minimum Gasteiger partial charge on any atom is -0.493 e. The van der Waals surface area contributed by atoms with E-state index in [1.54, 1.807) is 24.3 Å². The highest BCUT2D eigenvalue weighted by molar-refractivity contribution is 7.91. The molecule has 1 aliphatic heterocycles. The highest BCUT2D eigenvalue weighted by Crippen LogP contribution is 2.37. The van der Waals surface area contributed by atoms with Crippen LogP contribution in [0.1, 0.15) is 55.6 Å². The van der Waals surface area contributed by atoms with E-state index in [2.05, 4.69) is 26.8 Å². The molecule has 9 heteroatoms. The quantitative estimate of drug-likeness (QED) is 0.330. The lowest BCUT2D eigenvalue weighted by Gasteiger charge is -2.20. The molecule has 0 amide bonds. The predicted molar refractivity (Wildman–Crippen MR) is 142 cm³/mol.